The quantitative estimate of drug-likeness (QED) is 0.799. The SMILES string of the molecule is O=C(CC(CCO)c1ncc[nH]1)N1CCCC1. The zero-order chi connectivity index (χ0) is 12.1. The summed E-state index contributed by atoms with van der Waals surface area (Å²) in [6.07, 6.45) is 6.66. The number of aromatic nitrogens is 2. The molecule has 1 aliphatic rings. The van der Waals surface area contributed by atoms with Gasteiger partial charge in [-0.2, -0.15) is 0 Å². The van der Waals surface area contributed by atoms with E-state index in [1.807, 2.05) is 4.90 Å². The van der Waals surface area contributed by atoms with Crippen molar-refractivity contribution in [2.75, 3.05) is 19.7 Å². The predicted octanol–water partition coefficient (Wildman–Crippen LogP) is 0.888. The fourth-order valence-corrected chi connectivity index (χ4v) is 2.30. The third kappa shape index (κ3) is 3.06. The van der Waals surface area contributed by atoms with Gasteiger partial charge in [0.05, 0.1) is 0 Å². The maximum absolute atomic E-state index is 12.0. The number of aromatic amines is 1. The summed E-state index contributed by atoms with van der Waals surface area (Å²) in [5, 5.41) is 9.05. The highest BCUT2D eigenvalue weighted by Crippen LogP contribution is 2.22. The minimum absolute atomic E-state index is 0.00287. The minimum Gasteiger partial charge on any atom is -0.396 e. The number of likely N-dealkylation sites (tertiary alicyclic amines) is 1. The highest BCUT2D eigenvalue weighted by molar-refractivity contribution is 5.77. The molecule has 0 aliphatic carbocycles. The van der Waals surface area contributed by atoms with Gasteiger partial charge in [-0.1, -0.05) is 0 Å². The molecule has 1 aromatic heterocycles. The van der Waals surface area contributed by atoms with Gasteiger partial charge in [-0.25, -0.2) is 4.98 Å². The van der Waals surface area contributed by atoms with Crippen molar-refractivity contribution in [3.05, 3.63) is 18.2 Å². The Morgan fingerprint density at radius 1 is 1.53 bits per heavy atom. The zero-order valence-electron chi connectivity index (χ0n) is 9.93. The highest BCUT2D eigenvalue weighted by atomic mass is 16.3. The number of carbonyl (C=O) groups excluding carboxylic acids is 1. The van der Waals surface area contributed by atoms with E-state index in [1.54, 1.807) is 12.4 Å². The van der Waals surface area contributed by atoms with Crippen molar-refractivity contribution in [1.82, 2.24) is 14.9 Å². The molecule has 0 saturated carbocycles. The maximum atomic E-state index is 12.0. The van der Waals surface area contributed by atoms with Crippen molar-refractivity contribution >= 4 is 5.91 Å². The molecule has 1 aliphatic heterocycles. The van der Waals surface area contributed by atoms with Crippen molar-refractivity contribution in [1.29, 1.82) is 0 Å². The smallest absolute Gasteiger partial charge is 0.223 e. The van der Waals surface area contributed by atoms with E-state index in [9.17, 15) is 4.79 Å². The van der Waals surface area contributed by atoms with Crippen LogP contribution in [-0.4, -0.2) is 45.6 Å². The van der Waals surface area contributed by atoms with Crippen LogP contribution in [0.2, 0.25) is 0 Å². The van der Waals surface area contributed by atoms with Gasteiger partial charge in [0, 0.05) is 44.4 Å². The largest absolute Gasteiger partial charge is 0.396 e. The Balaban J connectivity index is 1.95. The fraction of sp³-hybridized carbons (Fsp3) is 0.667. The summed E-state index contributed by atoms with van der Waals surface area (Å²) in [7, 11) is 0. The number of amides is 1. The van der Waals surface area contributed by atoms with E-state index in [-0.39, 0.29) is 18.4 Å². The topological polar surface area (TPSA) is 69.2 Å². The molecule has 17 heavy (non-hydrogen) atoms. The molecule has 1 unspecified atom stereocenters. The Bertz CT molecular complexity index is 345. The molecule has 2 N–H and O–H groups in total. The Morgan fingerprint density at radius 2 is 2.29 bits per heavy atom. The second-order valence-corrected chi connectivity index (χ2v) is 4.48. The van der Waals surface area contributed by atoms with Crippen LogP contribution in [0.4, 0.5) is 0 Å². The van der Waals surface area contributed by atoms with Crippen LogP contribution in [0.3, 0.4) is 0 Å². The van der Waals surface area contributed by atoms with E-state index < -0.39 is 0 Å². The second kappa shape index (κ2) is 5.82. The van der Waals surface area contributed by atoms with Crippen LogP contribution in [0.1, 0.15) is 37.4 Å². The first-order chi connectivity index (χ1) is 8.31. The average Bonchev–Trinajstić information content (AvgIpc) is 3.01. The fourth-order valence-electron chi connectivity index (χ4n) is 2.30. The molecular weight excluding hydrogens is 218 g/mol. The Labute approximate surface area is 101 Å². The molecule has 2 heterocycles. The van der Waals surface area contributed by atoms with Crippen molar-refractivity contribution in [3.63, 3.8) is 0 Å². The summed E-state index contributed by atoms with van der Waals surface area (Å²) in [5.74, 6) is 0.979. The van der Waals surface area contributed by atoms with Gasteiger partial charge in [-0.15, -0.1) is 0 Å². The lowest BCUT2D eigenvalue weighted by Crippen LogP contribution is -2.29. The van der Waals surface area contributed by atoms with Crippen LogP contribution in [0.5, 0.6) is 0 Å². The maximum Gasteiger partial charge on any atom is 0.223 e. The Kier molecular flexibility index (Phi) is 4.14. The highest BCUT2D eigenvalue weighted by Gasteiger charge is 2.23. The summed E-state index contributed by atoms with van der Waals surface area (Å²) in [6, 6.07) is 0. The molecule has 1 aromatic rings. The minimum atomic E-state index is 0.00287. The molecule has 0 aromatic carbocycles. The third-order valence-corrected chi connectivity index (χ3v) is 3.26. The van der Waals surface area contributed by atoms with Crippen molar-refractivity contribution < 1.29 is 9.90 Å². The second-order valence-electron chi connectivity index (χ2n) is 4.48. The van der Waals surface area contributed by atoms with Crippen LogP contribution in [-0.2, 0) is 4.79 Å². The van der Waals surface area contributed by atoms with Crippen molar-refractivity contribution in [2.24, 2.45) is 0 Å². The van der Waals surface area contributed by atoms with Crippen LogP contribution in [0.15, 0.2) is 12.4 Å². The van der Waals surface area contributed by atoms with Gasteiger partial charge in [0.25, 0.3) is 0 Å². The van der Waals surface area contributed by atoms with Gasteiger partial charge in [0.15, 0.2) is 0 Å². The number of nitrogens with one attached hydrogen (secondary N) is 1. The van der Waals surface area contributed by atoms with Gasteiger partial charge in [0.2, 0.25) is 5.91 Å². The van der Waals surface area contributed by atoms with Gasteiger partial charge >= 0.3 is 0 Å². The standard InChI is InChI=1S/C12H19N3O2/c16-8-3-10(12-13-4-5-14-12)9-11(17)15-6-1-2-7-15/h4-5,10,16H,1-3,6-9H2,(H,13,14). The molecule has 1 atom stereocenters. The van der Waals surface area contributed by atoms with Gasteiger partial charge in [-0.05, 0) is 19.3 Å². The van der Waals surface area contributed by atoms with E-state index in [1.165, 1.54) is 0 Å². The summed E-state index contributed by atoms with van der Waals surface area (Å²) in [6.45, 7) is 1.84. The van der Waals surface area contributed by atoms with E-state index in [0.29, 0.717) is 12.8 Å². The molecule has 0 spiro atoms. The van der Waals surface area contributed by atoms with Crippen LogP contribution < -0.4 is 0 Å². The van der Waals surface area contributed by atoms with Crippen LogP contribution in [0, 0.1) is 0 Å². The monoisotopic (exact) mass is 237 g/mol. The number of rotatable bonds is 5. The summed E-state index contributed by atoms with van der Waals surface area (Å²) in [5.41, 5.74) is 0. The average molecular weight is 237 g/mol. The van der Waals surface area contributed by atoms with Crippen LogP contribution in [0.25, 0.3) is 0 Å². The Morgan fingerprint density at radius 3 is 2.88 bits per heavy atom. The molecule has 0 radical (unpaired) electrons. The molecule has 1 fully saturated rings. The molecule has 5 nitrogen and oxygen atoms in total. The first-order valence-corrected chi connectivity index (χ1v) is 6.19. The molecule has 0 bridgehead atoms. The molecule has 94 valence electrons. The lowest BCUT2D eigenvalue weighted by molar-refractivity contribution is -0.130. The molecule has 1 saturated heterocycles. The number of H-pyrrole nitrogens is 1. The molecular formula is C12H19N3O2. The van der Waals surface area contributed by atoms with Gasteiger partial charge < -0.3 is 15.0 Å². The third-order valence-electron chi connectivity index (χ3n) is 3.26. The lowest BCUT2D eigenvalue weighted by Gasteiger charge is -2.19. The number of imidazole rings is 1. The van der Waals surface area contributed by atoms with E-state index in [2.05, 4.69) is 9.97 Å². The van der Waals surface area contributed by atoms with Crippen LogP contribution >= 0.6 is 0 Å². The van der Waals surface area contributed by atoms with E-state index >= 15 is 0 Å². The molecule has 1 amide bonds. The number of nitrogens with zero attached hydrogens (tertiary/aromatic N) is 2. The summed E-state index contributed by atoms with van der Waals surface area (Å²) >= 11 is 0. The lowest BCUT2D eigenvalue weighted by atomic mass is 10.0. The summed E-state index contributed by atoms with van der Waals surface area (Å²) in [4.78, 5) is 21.1. The molecule has 2 rings (SSSR count). The normalized spacial score (nSPS) is 17.4. The number of carbonyl (C=O) groups is 1. The van der Waals surface area contributed by atoms with Gasteiger partial charge in [-0.3, -0.25) is 4.79 Å². The van der Waals surface area contributed by atoms with Gasteiger partial charge in [0.1, 0.15) is 5.82 Å². The van der Waals surface area contributed by atoms with E-state index in [0.717, 1.165) is 31.8 Å². The number of hydrogen-bond donors (Lipinski definition) is 2. The number of hydrogen-bond acceptors (Lipinski definition) is 3. The van der Waals surface area contributed by atoms with E-state index in [4.69, 9.17) is 5.11 Å². The Hall–Kier alpha value is -1.36. The first-order valence-electron chi connectivity index (χ1n) is 6.19. The van der Waals surface area contributed by atoms with Crippen molar-refractivity contribution in [2.45, 2.75) is 31.6 Å². The number of aliphatic hydroxyl groups is 1. The summed E-state index contributed by atoms with van der Waals surface area (Å²) < 4.78 is 0. The molecule has 5 heteroatoms. The zero-order valence-corrected chi connectivity index (χ0v) is 9.93. The van der Waals surface area contributed by atoms with Crippen molar-refractivity contribution in [3.8, 4) is 0 Å². The predicted molar refractivity (Wildman–Crippen MR) is 63.5 cm³/mol. The number of aliphatic hydroxyl groups excluding tert-OH is 1. The first kappa shape index (κ1) is 12.1.